The fourth-order valence-corrected chi connectivity index (χ4v) is 4.51. The molecule has 0 aliphatic rings. The van der Waals surface area contributed by atoms with Gasteiger partial charge in [0.15, 0.2) is 6.10 Å². The average Bonchev–Trinajstić information content (AvgIpc) is 2.79. The molecule has 33 heavy (non-hydrogen) atoms. The van der Waals surface area contributed by atoms with Crippen molar-refractivity contribution in [2.45, 2.75) is 24.8 Å². The fourth-order valence-electron chi connectivity index (χ4n) is 3.43. The molecule has 0 radical (unpaired) electrons. The minimum absolute atomic E-state index is 0.0949. The van der Waals surface area contributed by atoms with Crippen LogP contribution in [-0.2, 0) is 14.8 Å². The van der Waals surface area contributed by atoms with Gasteiger partial charge in [0, 0.05) is 11.1 Å². The summed E-state index contributed by atoms with van der Waals surface area (Å²) < 4.78 is 34.1. The third-order valence-corrected chi connectivity index (χ3v) is 6.52. The minimum atomic E-state index is -3.80. The summed E-state index contributed by atoms with van der Waals surface area (Å²) in [5.74, 6) is 0.277. The Morgan fingerprint density at radius 2 is 1.58 bits per heavy atom. The molecule has 0 aromatic heterocycles. The Balaban J connectivity index is 1.44. The van der Waals surface area contributed by atoms with Crippen molar-refractivity contribution in [3.8, 4) is 5.75 Å². The van der Waals surface area contributed by atoms with Crippen molar-refractivity contribution in [2.24, 2.45) is 0 Å². The molecule has 0 unspecified atom stereocenters. The summed E-state index contributed by atoms with van der Waals surface area (Å²) in [4.78, 5) is 12.6. The molecule has 1 amide bonds. The Morgan fingerprint density at radius 1 is 0.879 bits per heavy atom. The number of rotatable bonds is 7. The van der Waals surface area contributed by atoms with E-state index in [2.05, 4.69) is 10.0 Å². The number of benzene rings is 4. The van der Waals surface area contributed by atoms with E-state index in [-0.39, 0.29) is 10.8 Å². The summed E-state index contributed by atoms with van der Waals surface area (Å²) in [5, 5.41) is 4.51. The Hall–Kier alpha value is -3.84. The number of ether oxygens (including phenoxy) is 1. The van der Waals surface area contributed by atoms with Crippen LogP contribution < -0.4 is 14.8 Å². The van der Waals surface area contributed by atoms with Crippen molar-refractivity contribution >= 4 is 38.1 Å². The second-order valence-electron chi connectivity index (χ2n) is 7.72. The molecule has 4 aromatic rings. The van der Waals surface area contributed by atoms with Gasteiger partial charge in [0.05, 0.1) is 10.6 Å². The van der Waals surface area contributed by atoms with E-state index in [9.17, 15) is 13.2 Å². The Labute approximate surface area is 193 Å². The summed E-state index contributed by atoms with van der Waals surface area (Å²) in [6.07, 6.45) is -0.719. The molecular weight excluding hydrogens is 436 g/mol. The molecule has 0 spiro atoms. The zero-order valence-electron chi connectivity index (χ0n) is 18.3. The molecule has 1 atom stereocenters. The Bertz CT molecular complexity index is 1390. The summed E-state index contributed by atoms with van der Waals surface area (Å²) in [6.45, 7) is 3.60. The number of sulfonamides is 1. The van der Waals surface area contributed by atoms with Crippen LogP contribution in [0, 0.1) is 6.92 Å². The predicted molar refractivity (Wildman–Crippen MR) is 131 cm³/mol. The lowest BCUT2D eigenvalue weighted by Crippen LogP contribution is -2.30. The van der Waals surface area contributed by atoms with Crippen molar-refractivity contribution in [2.75, 3.05) is 10.0 Å². The fraction of sp³-hybridized carbons (Fsp3) is 0.115. The molecule has 168 valence electrons. The van der Waals surface area contributed by atoms with E-state index in [1.807, 2.05) is 55.5 Å². The number of anilines is 2. The first kappa shape index (κ1) is 22.4. The molecule has 0 saturated carbocycles. The first-order valence-corrected chi connectivity index (χ1v) is 11.9. The van der Waals surface area contributed by atoms with Gasteiger partial charge < -0.3 is 10.1 Å². The molecule has 0 saturated heterocycles. The lowest BCUT2D eigenvalue weighted by Gasteiger charge is -2.15. The molecule has 0 heterocycles. The third kappa shape index (κ3) is 5.32. The van der Waals surface area contributed by atoms with E-state index in [0.29, 0.717) is 17.1 Å². The quantitative estimate of drug-likeness (QED) is 0.389. The van der Waals surface area contributed by atoms with Gasteiger partial charge in [-0.05, 0) is 67.3 Å². The number of hydrogen-bond donors (Lipinski definition) is 2. The molecule has 2 N–H and O–H groups in total. The zero-order valence-corrected chi connectivity index (χ0v) is 19.1. The van der Waals surface area contributed by atoms with Crippen LogP contribution in [0.4, 0.5) is 11.4 Å². The van der Waals surface area contributed by atoms with Gasteiger partial charge in [0.25, 0.3) is 15.9 Å². The number of hydrogen-bond acceptors (Lipinski definition) is 4. The normalized spacial score (nSPS) is 12.2. The lowest BCUT2D eigenvalue weighted by molar-refractivity contribution is -0.122. The molecule has 0 fully saturated rings. The first-order valence-electron chi connectivity index (χ1n) is 10.5. The number of carbonyl (C=O) groups is 1. The van der Waals surface area contributed by atoms with Gasteiger partial charge >= 0.3 is 0 Å². The van der Waals surface area contributed by atoms with Gasteiger partial charge in [-0.2, -0.15) is 0 Å². The first-order chi connectivity index (χ1) is 15.8. The van der Waals surface area contributed by atoms with Crippen LogP contribution in [0.15, 0.2) is 95.9 Å². The highest BCUT2D eigenvalue weighted by Crippen LogP contribution is 2.26. The number of aryl methyl sites for hydroxylation is 1. The minimum Gasteiger partial charge on any atom is -0.481 e. The lowest BCUT2D eigenvalue weighted by atomic mass is 10.1. The topological polar surface area (TPSA) is 84.5 Å². The maximum Gasteiger partial charge on any atom is 0.265 e. The van der Waals surface area contributed by atoms with E-state index in [1.54, 1.807) is 37.3 Å². The number of fused-ring (bicyclic) bond motifs is 1. The molecule has 4 aromatic carbocycles. The average molecular weight is 461 g/mol. The van der Waals surface area contributed by atoms with Crippen molar-refractivity contribution in [1.82, 2.24) is 0 Å². The van der Waals surface area contributed by atoms with E-state index in [4.69, 9.17) is 4.74 Å². The largest absolute Gasteiger partial charge is 0.481 e. The van der Waals surface area contributed by atoms with E-state index >= 15 is 0 Å². The Kier molecular flexibility index (Phi) is 6.33. The smallest absolute Gasteiger partial charge is 0.265 e. The van der Waals surface area contributed by atoms with Crippen molar-refractivity contribution in [3.05, 3.63) is 96.6 Å². The van der Waals surface area contributed by atoms with E-state index in [0.717, 1.165) is 16.3 Å². The second kappa shape index (κ2) is 9.34. The molecule has 0 bridgehead atoms. The van der Waals surface area contributed by atoms with Crippen molar-refractivity contribution < 1.29 is 17.9 Å². The van der Waals surface area contributed by atoms with Crippen LogP contribution >= 0.6 is 0 Å². The Morgan fingerprint density at radius 3 is 2.33 bits per heavy atom. The molecular formula is C26H24N2O4S. The van der Waals surface area contributed by atoms with Gasteiger partial charge in [0.2, 0.25) is 0 Å². The summed E-state index contributed by atoms with van der Waals surface area (Å²) in [6, 6.07) is 26.5. The number of amides is 1. The van der Waals surface area contributed by atoms with Crippen LogP contribution in [0.3, 0.4) is 0 Å². The number of carbonyl (C=O) groups excluding carboxylic acids is 1. The van der Waals surface area contributed by atoms with Crippen LogP contribution in [0.5, 0.6) is 5.75 Å². The van der Waals surface area contributed by atoms with Crippen molar-refractivity contribution in [3.63, 3.8) is 0 Å². The van der Waals surface area contributed by atoms with Gasteiger partial charge in [-0.25, -0.2) is 8.42 Å². The standard InChI is InChI=1S/C26H24N2O4S/c1-18-7-5-10-22(17-18)32-19(2)26(29)27-21-13-15-23(16-14-21)33(30,31)28-25-12-6-9-20-8-3-4-11-24(20)25/h3-17,19,28H,1-2H3,(H,27,29)/t19-/m1/s1. The van der Waals surface area contributed by atoms with E-state index < -0.39 is 16.1 Å². The predicted octanol–water partition coefficient (Wildman–Crippen LogP) is 5.36. The molecule has 6 nitrogen and oxygen atoms in total. The molecule has 0 aliphatic carbocycles. The zero-order chi connectivity index (χ0) is 23.4. The second-order valence-corrected chi connectivity index (χ2v) is 9.40. The maximum atomic E-state index is 12.9. The van der Waals surface area contributed by atoms with E-state index in [1.165, 1.54) is 12.1 Å². The molecule has 4 rings (SSSR count). The maximum absolute atomic E-state index is 12.9. The summed E-state index contributed by atoms with van der Waals surface area (Å²) in [7, 11) is -3.80. The van der Waals surface area contributed by atoms with Crippen molar-refractivity contribution in [1.29, 1.82) is 0 Å². The third-order valence-electron chi connectivity index (χ3n) is 5.14. The van der Waals surface area contributed by atoms with Gasteiger partial charge in [-0.15, -0.1) is 0 Å². The van der Waals surface area contributed by atoms with Gasteiger partial charge in [-0.1, -0.05) is 48.5 Å². The highest BCUT2D eigenvalue weighted by atomic mass is 32.2. The van der Waals surface area contributed by atoms with Crippen LogP contribution in [-0.4, -0.2) is 20.4 Å². The summed E-state index contributed by atoms with van der Waals surface area (Å²) in [5.41, 5.74) is 2.02. The summed E-state index contributed by atoms with van der Waals surface area (Å²) >= 11 is 0. The highest BCUT2D eigenvalue weighted by Gasteiger charge is 2.18. The van der Waals surface area contributed by atoms with Crippen LogP contribution in [0.1, 0.15) is 12.5 Å². The molecule has 7 heteroatoms. The van der Waals surface area contributed by atoms with Gasteiger partial charge in [-0.3, -0.25) is 9.52 Å². The number of nitrogens with one attached hydrogen (secondary N) is 2. The highest BCUT2D eigenvalue weighted by molar-refractivity contribution is 7.92. The van der Waals surface area contributed by atoms with Gasteiger partial charge in [0.1, 0.15) is 5.75 Å². The molecule has 0 aliphatic heterocycles. The van der Waals surface area contributed by atoms with Crippen LogP contribution in [0.25, 0.3) is 10.8 Å². The van der Waals surface area contributed by atoms with Crippen LogP contribution in [0.2, 0.25) is 0 Å². The monoisotopic (exact) mass is 460 g/mol. The SMILES string of the molecule is Cc1cccc(O[C@H](C)C(=O)Nc2ccc(S(=O)(=O)Nc3cccc4ccccc34)cc2)c1.